The first-order chi connectivity index (χ1) is 5.84. The van der Waals surface area contributed by atoms with Crippen molar-refractivity contribution in [2.75, 3.05) is 26.2 Å². The molecule has 0 atom stereocenters. The maximum atomic E-state index is 11.1. The second kappa shape index (κ2) is 3.85. The van der Waals surface area contributed by atoms with Crippen LogP contribution in [0.5, 0.6) is 0 Å². The standard InChI is InChI=1S/C6H13N2O3P/c9-12(10-7-3-1-4-7)11-8-5-2-6-8/h12H,1-6H2. The zero-order chi connectivity index (χ0) is 8.39. The summed E-state index contributed by atoms with van der Waals surface area (Å²) in [6.45, 7) is 3.50. The van der Waals surface area contributed by atoms with Crippen molar-refractivity contribution in [2.24, 2.45) is 0 Å². The molecule has 0 unspecified atom stereocenters. The van der Waals surface area contributed by atoms with Crippen LogP contribution in [0.2, 0.25) is 0 Å². The third kappa shape index (κ3) is 2.06. The van der Waals surface area contributed by atoms with E-state index in [-0.39, 0.29) is 0 Å². The summed E-state index contributed by atoms with van der Waals surface area (Å²) < 4.78 is 21.1. The van der Waals surface area contributed by atoms with Gasteiger partial charge in [-0.2, -0.15) is 10.1 Å². The summed E-state index contributed by atoms with van der Waals surface area (Å²) in [5.41, 5.74) is 0. The van der Waals surface area contributed by atoms with Gasteiger partial charge >= 0.3 is 8.25 Å². The van der Waals surface area contributed by atoms with E-state index in [1.165, 1.54) is 0 Å². The van der Waals surface area contributed by atoms with Crippen LogP contribution in [0.3, 0.4) is 0 Å². The van der Waals surface area contributed by atoms with Gasteiger partial charge in [0.25, 0.3) is 0 Å². The normalized spacial score (nSPS) is 25.4. The third-order valence-electron chi connectivity index (χ3n) is 2.04. The van der Waals surface area contributed by atoms with Gasteiger partial charge in [-0.1, -0.05) is 0 Å². The Labute approximate surface area is 72.1 Å². The predicted octanol–water partition coefficient (Wildman–Crippen LogP) is 0.651. The Hall–Kier alpha value is 0.0700. The highest BCUT2D eigenvalue weighted by atomic mass is 31.1. The first-order valence-electron chi connectivity index (χ1n) is 4.24. The topological polar surface area (TPSA) is 42.0 Å². The van der Waals surface area contributed by atoms with Crippen LogP contribution in [-0.4, -0.2) is 36.3 Å². The van der Waals surface area contributed by atoms with Crippen molar-refractivity contribution in [3.8, 4) is 0 Å². The number of hydroxylamine groups is 4. The quantitative estimate of drug-likeness (QED) is 0.612. The van der Waals surface area contributed by atoms with Gasteiger partial charge in [-0.3, -0.25) is 4.57 Å². The van der Waals surface area contributed by atoms with Gasteiger partial charge in [0.05, 0.1) is 0 Å². The van der Waals surface area contributed by atoms with Gasteiger partial charge in [-0.05, 0) is 12.8 Å². The van der Waals surface area contributed by atoms with Gasteiger partial charge in [-0.25, -0.2) is 9.25 Å². The van der Waals surface area contributed by atoms with Crippen LogP contribution >= 0.6 is 8.25 Å². The van der Waals surface area contributed by atoms with Crippen LogP contribution in [0.15, 0.2) is 0 Å². The molecule has 2 rings (SSSR count). The first-order valence-corrected chi connectivity index (χ1v) is 5.47. The average molecular weight is 192 g/mol. The lowest BCUT2D eigenvalue weighted by Gasteiger charge is -2.32. The van der Waals surface area contributed by atoms with Crippen LogP contribution in [0.4, 0.5) is 0 Å². The van der Waals surface area contributed by atoms with E-state index in [0.29, 0.717) is 0 Å². The second-order valence-corrected chi connectivity index (χ2v) is 3.86. The molecule has 0 radical (unpaired) electrons. The number of nitrogens with zero attached hydrogens (tertiary/aromatic N) is 2. The summed E-state index contributed by atoms with van der Waals surface area (Å²) in [5.74, 6) is 0. The summed E-state index contributed by atoms with van der Waals surface area (Å²) in [7, 11) is -2.31. The van der Waals surface area contributed by atoms with Crippen molar-refractivity contribution < 1.29 is 13.8 Å². The minimum absolute atomic E-state index is 0.875. The van der Waals surface area contributed by atoms with Gasteiger partial charge in [0, 0.05) is 26.2 Å². The molecule has 2 heterocycles. The summed E-state index contributed by atoms with van der Waals surface area (Å²) in [4.78, 5) is 0. The Bertz CT molecular complexity index is 164. The van der Waals surface area contributed by atoms with Crippen LogP contribution in [0.25, 0.3) is 0 Å². The molecule has 0 amide bonds. The lowest BCUT2D eigenvalue weighted by Crippen LogP contribution is -2.38. The van der Waals surface area contributed by atoms with Crippen molar-refractivity contribution in [3.63, 3.8) is 0 Å². The maximum Gasteiger partial charge on any atom is 0.352 e. The fraction of sp³-hybridized carbons (Fsp3) is 1.00. The van der Waals surface area contributed by atoms with Gasteiger partial charge in [0.2, 0.25) is 0 Å². The highest BCUT2D eigenvalue weighted by molar-refractivity contribution is 7.33. The average Bonchev–Trinajstić information content (AvgIpc) is 1.89. The molecule has 2 fully saturated rings. The summed E-state index contributed by atoms with van der Waals surface area (Å²) in [6, 6.07) is 0. The lowest BCUT2D eigenvalue weighted by molar-refractivity contribution is -0.156. The molecular weight excluding hydrogens is 179 g/mol. The van der Waals surface area contributed by atoms with E-state index < -0.39 is 8.25 Å². The predicted molar refractivity (Wildman–Crippen MR) is 43.6 cm³/mol. The minimum atomic E-state index is -2.31. The second-order valence-electron chi connectivity index (χ2n) is 3.00. The molecule has 70 valence electrons. The largest absolute Gasteiger partial charge is 0.352 e. The molecule has 0 aromatic carbocycles. The molecule has 2 aliphatic rings. The maximum absolute atomic E-state index is 11.1. The Morgan fingerprint density at radius 3 is 1.58 bits per heavy atom. The monoisotopic (exact) mass is 192 g/mol. The van der Waals surface area contributed by atoms with Gasteiger partial charge < -0.3 is 0 Å². The zero-order valence-corrected chi connectivity index (χ0v) is 7.86. The van der Waals surface area contributed by atoms with Crippen LogP contribution in [0, 0.1) is 0 Å². The van der Waals surface area contributed by atoms with Crippen LogP contribution < -0.4 is 0 Å². The van der Waals surface area contributed by atoms with Crippen molar-refractivity contribution in [2.45, 2.75) is 12.8 Å². The van der Waals surface area contributed by atoms with Crippen LogP contribution in [0.1, 0.15) is 12.8 Å². The SMILES string of the molecule is O=[PH](ON1CCC1)ON1CCC1. The summed E-state index contributed by atoms with van der Waals surface area (Å²) in [6.07, 6.45) is 2.25. The molecular formula is C6H13N2O3P. The molecule has 6 heteroatoms. The Morgan fingerprint density at radius 1 is 0.917 bits per heavy atom. The van der Waals surface area contributed by atoms with E-state index in [0.717, 1.165) is 39.0 Å². The molecule has 0 bridgehead atoms. The van der Waals surface area contributed by atoms with E-state index in [1.54, 1.807) is 10.1 Å². The highest BCUT2D eigenvalue weighted by Gasteiger charge is 2.21. The molecule has 0 aromatic heterocycles. The molecule has 0 aliphatic carbocycles. The number of hydrogen-bond acceptors (Lipinski definition) is 5. The zero-order valence-electron chi connectivity index (χ0n) is 6.86. The van der Waals surface area contributed by atoms with Gasteiger partial charge in [0.15, 0.2) is 0 Å². The number of hydrogen-bond donors (Lipinski definition) is 0. The van der Waals surface area contributed by atoms with E-state index >= 15 is 0 Å². The van der Waals surface area contributed by atoms with Crippen LogP contribution in [-0.2, 0) is 13.8 Å². The van der Waals surface area contributed by atoms with Crippen molar-refractivity contribution in [3.05, 3.63) is 0 Å². The molecule has 0 aromatic rings. The summed E-state index contributed by atoms with van der Waals surface area (Å²) in [5, 5.41) is 3.36. The van der Waals surface area contributed by atoms with Gasteiger partial charge in [0.1, 0.15) is 0 Å². The fourth-order valence-electron chi connectivity index (χ4n) is 0.984. The van der Waals surface area contributed by atoms with Crippen molar-refractivity contribution in [1.82, 2.24) is 10.1 Å². The van der Waals surface area contributed by atoms with E-state index in [2.05, 4.69) is 0 Å². The minimum Gasteiger partial charge on any atom is -0.260 e. The smallest absolute Gasteiger partial charge is 0.260 e. The molecule has 2 saturated heterocycles. The van der Waals surface area contributed by atoms with E-state index in [4.69, 9.17) is 9.25 Å². The third-order valence-corrected chi connectivity index (χ3v) is 2.85. The van der Waals surface area contributed by atoms with E-state index in [1.807, 2.05) is 0 Å². The number of rotatable bonds is 4. The molecule has 0 spiro atoms. The lowest BCUT2D eigenvalue weighted by atomic mass is 10.3. The molecule has 12 heavy (non-hydrogen) atoms. The molecule has 5 nitrogen and oxygen atoms in total. The molecule has 2 aliphatic heterocycles. The molecule has 0 saturated carbocycles. The fourth-order valence-corrected chi connectivity index (χ4v) is 1.80. The Morgan fingerprint density at radius 2 is 1.33 bits per heavy atom. The summed E-state index contributed by atoms with van der Waals surface area (Å²) >= 11 is 0. The van der Waals surface area contributed by atoms with Crippen molar-refractivity contribution in [1.29, 1.82) is 0 Å². The Kier molecular flexibility index (Phi) is 2.78. The van der Waals surface area contributed by atoms with Crippen molar-refractivity contribution >= 4 is 8.25 Å². The van der Waals surface area contributed by atoms with E-state index in [9.17, 15) is 4.57 Å². The first kappa shape index (κ1) is 8.66. The van der Waals surface area contributed by atoms with Gasteiger partial charge in [-0.15, -0.1) is 0 Å². The highest BCUT2D eigenvalue weighted by Crippen LogP contribution is 2.31. The Balaban J connectivity index is 1.62. The molecule has 0 N–H and O–H groups in total.